The number of nitrogens with one attached hydrogen (secondary N) is 3. The number of nitrogens with zero attached hydrogens (tertiary/aromatic N) is 3. The van der Waals surface area contributed by atoms with Crippen LogP contribution in [0.4, 0.5) is 4.79 Å². The van der Waals surface area contributed by atoms with Crippen LogP contribution in [0.2, 0.25) is 0 Å². The molecular formula is C23H31N6O8+. The number of carbonyl (C=O) groups excluding carboxylic acids is 2. The van der Waals surface area contributed by atoms with E-state index in [-0.39, 0.29) is 25.2 Å². The van der Waals surface area contributed by atoms with E-state index in [0.717, 1.165) is 5.82 Å². The molecule has 2 aromatic heterocycles. The van der Waals surface area contributed by atoms with E-state index in [0.29, 0.717) is 25.9 Å². The Kier molecular flexibility index (Phi) is 11.5. The number of urea groups is 1. The van der Waals surface area contributed by atoms with E-state index in [1.165, 1.54) is 0 Å². The minimum atomic E-state index is -1.47. The van der Waals surface area contributed by atoms with Crippen molar-refractivity contribution in [3.8, 4) is 5.82 Å². The highest BCUT2D eigenvalue weighted by atomic mass is 16.4. The fourth-order valence-electron chi connectivity index (χ4n) is 3.33. The van der Waals surface area contributed by atoms with E-state index in [2.05, 4.69) is 20.9 Å². The number of carboxylic acids is 3. The van der Waals surface area contributed by atoms with Gasteiger partial charge in [0.25, 0.3) is 0 Å². The minimum Gasteiger partial charge on any atom is -0.481 e. The van der Waals surface area contributed by atoms with E-state index in [1.54, 1.807) is 6.20 Å². The second-order valence-corrected chi connectivity index (χ2v) is 8.17. The van der Waals surface area contributed by atoms with Gasteiger partial charge in [-0.3, -0.25) is 9.59 Å². The Bertz CT molecular complexity index is 1070. The van der Waals surface area contributed by atoms with Gasteiger partial charge in [0.05, 0.1) is 13.0 Å². The van der Waals surface area contributed by atoms with Crippen LogP contribution in [0, 0.1) is 0 Å². The second kappa shape index (κ2) is 14.8. The van der Waals surface area contributed by atoms with Crippen LogP contribution in [-0.4, -0.2) is 73.3 Å². The molecule has 0 saturated carbocycles. The number of aryl methyl sites for hydroxylation is 1. The summed E-state index contributed by atoms with van der Waals surface area (Å²) in [6, 6.07) is 1.81. The summed E-state index contributed by atoms with van der Waals surface area (Å²) in [5.41, 5.74) is 0. The third kappa shape index (κ3) is 10.8. The van der Waals surface area contributed by atoms with Crippen molar-refractivity contribution in [3.63, 3.8) is 0 Å². The number of hydrogen-bond donors (Lipinski definition) is 6. The molecule has 0 bridgehead atoms. The fraction of sp³-hybridized carbons (Fsp3) is 0.435. The zero-order valence-corrected chi connectivity index (χ0v) is 20.1. The van der Waals surface area contributed by atoms with Crippen molar-refractivity contribution in [2.75, 3.05) is 6.54 Å². The molecule has 2 aromatic rings. The van der Waals surface area contributed by atoms with Crippen molar-refractivity contribution in [2.45, 2.75) is 57.2 Å². The van der Waals surface area contributed by atoms with Gasteiger partial charge in [-0.05, 0) is 31.7 Å². The van der Waals surface area contributed by atoms with Crippen molar-refractivity contribution in [1.29, 1.82) is 0 Å². The predicted molar refractivity (Wildman–Crippen MR) is 127 cm³/mol. The summed E-state index contributed by atoms with van der Waals surface area (Å²) in [5.74, 6) is -3.35. The molecule has 0 aliphatic carbocycles. The van der Waals surface area contributed by atoms with Gasteiger partial charge in [-0.2, -0.15) is 4.57 Å². The van der Waals surface area contributed by atoms with Gasteiger partial charge in [-0.15, -0.1) is 0 Å². The van der Waals surface area contributed by atoms with Crippen molar-refractivity contribution in [1.82, 2.24) is 25.5 Å². The molecule has 14 heteroatoms. The molecular weight excluding hydrogens is 488 g/mol. The molecule has 14 nitrogen and oxygen atoms in total. The molecule has 0 fully saturated rings. The van der Waals surface area contributed by atoms with Gasteiger partial charge >= 0.3 is 23.9 Å². The molecule has 0 spiro atoms. The first-order chi connectivity index (χ1) is 17.7. The Morgan fingerprint density at radius 3 is 2.27 bits per heavy atom. The van der Waals surface area contributed by atoms with Crippen molar-refractivity contribution < 1.29 is 43.9 Å². The Morgan fingerprint density at radius 2 is 1.65 bits per heavy atom. The van der Waals surface area contributed by atoms with Crippen LogP contribution >= 0.6 is 0 Å². The number of amides is 3. The summed E-state index contributed by atoms with van der Waals surface area (Å²) in [6.45, 7) is 0.794. The van der Waals surface area contributed by atoms with E-state index < -0.39 is 42.4 Å². The molecule has 0 radical (unpaired) electrons. The lowest BCUT2D eigenvalue weighted by Crippen LogP contribution is -2.51. The number of rotatable bonds is 16. The first-order valence-electron chi connectivity index (χ1n) is 11.6. The first-order valence-corrected chi connectivity index (χ1v) is 11.6. The summed E-state index contributed by atoms with van der Waals surface area (Å²) < 4.78 is 3.70. The minimum absolute atomic E-state index is 0.0579. The smallest absolute Gasteiger partial charge is 0.326 e. The van der Waals surface area contributed by atoms with E-state index in [9.17, 15) is 29.1 Å². The molecule has 2 atom stereocenters. The zero-order chi connectivity index (χ0) is 27.2. The lowest BCUT2D eigenvalue weighted by Gasteiger charge is -2.18. The SMILES string of the molecule is O=C(O)CC[C@H](NC(=O)N[C@@H](CCCCNC(=O)CC[n+]1ccn(-c2ccccn2)c1)C(=O)O)C(=O)O. The van der Waals surface area contributed by atoms with Gasteiger partial charge in [0.2, 0.25) is 18.1 Å². The summed E-state index contributed by atoms with van der Waals surface area (Å²) in [6.07, 6.45) is 7.54. The Balaban J connectivity index is 1.66. The Hall–Kier alpha value is -4.49. The number of carbonyl (C=O) groups is 5. The van der Waals surface area contributed by atoms with E-state index >= 15 is 0 Å². The molecule has 200 valence electrons. The molecule has 0 saturated heterocycles. The molecule has 0 aliphatic rings. The van der Waals surface area contributed by atoms with Gasteiger partial charge < -0.3 is 31.3 Å². The average molecular weight is 520 g/mol. The standard InChI is InChI=1S/C23H30N6O8/c30-19(9-12-28-13-14-29(15-28)18-6-2-4-10-24-18)25-11-3-1-5-16(21(33)34)26-23(37)27-17(22(35)36)7-8-20(31)32/h2,4,6,10,13-17H,1,3,5,7-9,11-12H2,(H5-,25,26,27,30,31,32,33,34,35,36,37)/p+1/t16-,17-/m0/s1. The van der Waals surface area contributed by atoms with Gasteiger partial charge in [-0.25, -0.2) is 23.9 Å². The van der Waals surface area contributed by atoms with Crippen LogP contribution < -0.4 is 20.5 Å². The van der Waals surface area contributed by atoms with Crippen LogP contribution in [0.25, 0.3) is 5.82 Å². The maximum absolute atomic E-state index is 12.1. The summed E-state index contributed by atoms with van der Waals surface area (Å²) in [5, 5.41) is 34.1. The summed E-state index contributed by atoms with van der Waals surface area (Å²) >= 11 is 0. The Morgan fingerprint density at radius 1 is 0.946 bits per heavy atom. The zero-order valence-electron chi connectivity index (χ0n) is 20.1. The monoisotopic (exact) mass is 519 g/mol. The largest absolute Gasteiger partial charge is 0.481 e. The predicted octanol–water partition coefficient (Wildman–Crippen LogP) is -0.0932. The third-order valence-corrected chi connectivity index (χ3v) is 5.30. The van der Waals surface area contributed by atoms with E-state index in [1.807, 2.05) is 46.1 Å². The quantitative estimate of drug-likeness (QED) is 0.129. The molecule has 3 amide bonds. The summed E-state index contributed by atoms with van der Waals surface area (Å²) in [7, 11) is 0. The van der Waals surface area contributed by atoms with Crippen molar-refractivity contribution in [3.05, 3.63) is 43.1 Å². The van der Waals surface area contributed by atoms with Gasteiger partial charge in [-0.1, -0.05) is 6.07 Å². The fourth-order valence-corrected chi connectivity index (χ4v) is 3.33. The maximum Gasteiger partial charge on any atom is 0.326 e. The molecule has 37 heavy (non-hydrogen) atoms. The third-order valence-electron chi connectivity index (χ3n) is 5.30. The molecule has 2 rings (SSSR count). The lowest BCUT2D eigenvalue weighted by molar-refractivity contribution is -0.695. The topological polar surface area (TPSA) is 204 Å². The van der Waals surface area contributed by atoms with Crippen LogP contribution in [0.1, 0.15) is 38.5 Å². The maximum atomic E-state index is 12.1. The Labute approximate surface area is 212 Å². The number of carboxylic acid groups (broad SMARTS) is 3. The number of aromatic nitrogens is 3. The van der Waals surface area contributed by atoms with Crippen LogP contribution in [0.15, 0.2) is 43.1 Å². The highest BCUT2D eigenvalue weighted by Crippen LogP contribution is 2.03. The molecule has 0 aromatic carbocycles. The van der Waals surface area contributed by atoms with Crippen molar-refractivity contribution >= 4 is 29.8 Å². The number of hydrogen-bond acceptors (Lipinski definition) is 6. The van der Waals surface area contributed by atoms with E-state index in [4.69, 9.17) is 10.2 Å². The van der Waals surface area contributed by atoms with Crippen LogP contribution in [-0.2, 0) is 25.7 Å². The highest BCUT2D eigenvalue weighted by Gasteiger charge is 2.24. The molecule has 0 aliphatic heterocycles. The number of imidazole rings is 1. The van der Waals surface area contributed by atoms with Crippen molar-refractivity contribution in [2.24, 2.45) is 0 Å². The average Bonchev–Trinajstić information content (AvgIpc) is 3.33. The summed E-state index contributed by atoms with van der Waals surface area (Å²) in [4.78, 5) is 61.6. The first kappa shape index (κ1) is 28.7. The normalized spacial score (nSPS) is 12.2. The molecule has 6 N–H and O–H groups in total. The van der Waals surface area contributed by atoms with Crippen LogP contribution in [0.5, 0.6) is 0 Å². The second-order valence-electron chi connectivity index (χ2n) is 8.17. The number of pyridine rings is 1. The highest BCUT2D eigenvalue weighted by molar-refractivity contribution is 5.86. The van der Waals surface area contributed by atoms with Gasteiger partial charge in [0, 0.05) is 25.2 Å². The lowest BCUT2D eigenvalue weighted by atomic mass is 10.1. The number of unbranched alkanes of at least 4 members (excludes halogenated alkanes) is 1. The molecule has 2 heterocycles. The number of aliphatic carboxylic acids is 3. The van der Waals surface area contributed by atoms with Gasteiger partial charge in [0.1, 0.15) is 24.5 Å². The molecule has 0 unspecified atom stereocenters. The van der Waals surface area contributed by atoms with Crippen LogP contribution in [0.3, 0.4) is 0 Å². The van der Waals surface area contributed by atoms with Gasteiger partial charge in [0.15, 0.2) is 0 Å².